The van der Waals surface area contributed by atoms with E-state index in [2.05, 4.69) is 17.6 Å². The Morgan fingerprint density at radius 2 is 1.67 bits per heavy atom. The fourth-order valence-electron chi connectivity index (χ4n) is 2.98. The van der Waals surface area contributed by atoms with Crippen molar-refractivity contribution in [3.05, 3.63) is 77.4 Å². The predicted molar refractivity (Wildman–Crippen MR) is 102 cm³/mol. The predicted octanol–water partition coefficient (Wildman–Crippen LogP) is 3.93. The molecule has 3 rings (SSSR count). The number of carbonyl (C=O) groups excluding carboxylic acids is 1. The van der Waals surface area contributed by atoms with Gasteiger partial charge in [0.25, 0.3) is 0 Å². The molecule has 0 aliphatic carbocycles. The van der Waals surface area contributed by atoms with E-state index in [1.165, 1.54) is 0 Å². The molecule has 1 aliphatic rings. The van der Waals surface area contributed by atoms with Crippen LogP contribution in [0.3, 0.4) is 0 Å². The molecule has 1 aliphatic heterocycles. The van der Waals surface area contributed by atoms with Gasteiger partial charge in [0.1, 0.15) is 0 Å². The maximum atomic E-state index is 13.2. The van der Waals surface area contributed by atoms with Gasteiger partial charge in [0, 0.05) is 11.1 Å². The van der Waals surface area contributed by atoms with Crippen molar-refractivity contribution in [2.45, 2.75) is 25.8 Å². The summed E-state index contributed by atoms with van der Waals surface area (Å²) >= 11 is 5.36. The van der Waals surface area contributed by atoms with E-state index in [0.717, 1.165) is 29.7 Å². The van der Waals surface area contributed by atoms with Gasteiger partial charge in [0.2, 0.25) is 0 Å². The highest BCUT2D eigenvalue weighted by atomic mass is 32.1. The third-order valence-corrected chi connectivity index (χ3v) is 4.30. The van der Waals surface area contributed by atoms with Gasteiger partial charge in [-0.1, -0.05) is 74.0 Å². The molecule has 3 nitrogen and oxygen atoms in total. The molecule has 0 bridgehead atoms. The van der Waals surface area contributed by atoms with Crippen LogP contribution < -0.4 is 10.6 Å². The highest BCUT2D eigenvalue weighted by molar-refractivity contribution is 7.80. The van der Waals surface area contributed by atoms with Gasteiger partial charge in [-0.15, -0.1) is 0 Å². The van der Waals surface area contributed by atoms with E-state index in [4.69, 9.17) is 12.2 Å². The molecule has 2 aromatic rings. The van der Waals surface area contributed by atoms with Crippen molar-refractivity contribution < 1.29 is 4.79 Å². The third kappa shape index (κ3) is 3.39. The van der Waals surface area contributed by atoms with Crippen molar-refractivity contribution in [3.8, 4) is 0 Å². The SMILES string of the molecule is CCCC1NC(=S)NC(c2ccccc2)=C1C(=O)c1ccccc1. The van der Waals surface area contributed by atoms with E-state index in [0.29, 0.717) is 10.7 Å². The van der Waals surface area contributed by atoms with Gasteiger partial charge in [-0.05, 0) is 24.2 Å². The molecule has 1 unspecified atom stereocenters. The van der Waals surface area contributed by atoms with Crippen LogP contribution >= 0.6 is 12.2 Å². The fraction of sp³-hybridized carbons (Fsp3) is 0.200. The number of Topliss-reactive ketones (excluding diaryl/α,β-unsaturated/α-hetero) is 1. The number of benzene rings is 2. The molecular weight excluding hydrogens is 316 g/mol. The Hall–Kier alpha value is -2.46. The number of hydrogen-bond donors (Lipinski definition) is 2. The highest BCUT2D eigenvalue weighted by Gasteiger charge is 2.30. The standard InChI is InChI=1S/C20H20N2OS/c1-2-9-16-17(19(23)15-12-7-4-8-13-15)18(22-20(24)21-16)14-10-5-3-6-11-14/h3-8,10-13,16H,2,9H2,1H3,(H2,21,22,24). The second-order valence-corrected chi connectivity index (χ2v) is 6.20. The number of rotatable bonds is 5. The van der Waals surface area contributed by atoms with E-state index in [1.54, 1.807) is 0 Å². The Morgan fingerprint density at radius 3 is 2.29 bits per heavy atom. The second-order valence-electron chi connectivity index (χ2n) is 5.79. The molecule has 122 valence electrons. The van der Waals surface area contributed by atoms with Crippen molar-refractivity contribution in [1.29, 1.82) is 0 Å². The van der Waals surface area contributed by atoms with E-state index >= 15 is 0 Å². The van der Waals surface area contributed by atoms with Crippen LogP contribution in [-0.4, -0.2) is 16.9 Å². The van der Waals surface area contributed by atoms with E-state index in [9.17, 15) is 4.79 Å². The quantitative estimate of drug-likeness (QED) is 0.641. The molecule has 0 radical (unpaired) electrons. The van der Waals surface area contributed by atoms with Crippen LogP contribution in [0, 0.1) is 0 Å². The van der Waals surface area contributed by atoms with Gasteiger partial charge in [-0.25, -0.2) is 0 Å². The normalized spacial score (nSPS) is 17.2. The van der Waals surface area contributed by atoms with Gasteiger partial charge in [-0.3, -0.25) is 4.79 Å². The molecule has 4 heteroatoms. The summed E-state index contributed by atoms with van der Waals surface area (Å²) < 4.78 is 0. The first kappa shape index (κ1) is 16.4. The summed E-state index contributed by atoms with van der Waals surface area (Å²) in [5, 5.41) is 7.03. The lowest BCUT2D eigenvalue weighted by Gasteiger charge is -2.31. The minimum absolute atomic E-state index is 0.0374. The average molecular weight is 336 g/mol. The molecule has 1 heterocycles. The first-order chi connectivity index (χ1) is 11.7. The molecule has 0 amide bonds. The number of thiocarbonyl (C=S) groups is 1. The highest BCUT2D eigenvalue weighted by Crippen LogP contribution is 2.27. The molecule has 0 aromatic heterocycles. The Bertz CT molecular complexity index is 769. The van der Waals surface area contributed by atoms with Gasteiger partial charge < -0.3 is 10.6 Å². The van der Waals surface area contributed by atoms with Gasteiger partial charge in [0.15, 0.2) is 10.9 Å². The smallest absolute Gasteiger partial charge is 0.193 e. The van der Waals surface area contributed by atoms with Gasteiger partial charge in [0.05, 0.1) is 11.7 Å². The van der Waals surface area contributed by atoms with Crippen LogP contribution in [0.25, 0.3) is 5.70 Å². The van der Waals surface area contributed by atoms with Crippen molar-refractivity contribution in [2.24, 2.45) is 0 Å². The summed E-state index contributed by atoms with van der Waals surface area (Å²) in [6, 6.07) is 19.2. The maximum Gasteiger partial charge on any atom is 0.193 e. The summed E-state index contributed by atoms with van der Waals surface area (Å²) in [7, 11) is 0. The number of hydrogen-bond acceptors (Lipinski definition) is 2. The van der Waals surface area contributed by atoms with Crippen LogP contribution in [0.4, 0.5) is 0 Å². The number of ketones is 1. The Balaban J connectivity index is 2.14. The minimum Gasteiger partial charge on any atom is -0.355 e. The van der Waals surface area contributed by atoms with Gasteiger partial charge >= 0.3 is 0 Å². The molecule has 2 aromatic carbocycles. The first-order valence-electron chi connectivity index (χ1n) is 8.17. The summed E-state index contributed by atoms with van der Waals surface area (Å²) in [4.78, 5) is 13.2. The lowest BCUT2D eigenvalue weighted by atomic mass is 9.89. The monoisotopic (exact) mass is 336 g/mol. The van der Waals surface area contributed by atoms with E-state index in [-0.39, 0.29) is 11.8 Å². The largest absolute Gasteiger partial charge is 0.355 e. The van der Waals surface area contributed by atoms with Crippen molar-refractivity contribution >= 4 is 28.8 Å². The second kappa shape index (κ2) is 7.41. The lowest BCUT2D eigenvalue weighted by molar-refractivity contribution is 0.102. The van der Waals surface area contributed by atoms with Crippen molar-refractivity contribution in [1.82, 2.24) is 10.6 Å². The summed E-state index contributed by atoms with van der Waals surface area (Å²) in [5.41, 5.74) is 3.23. The Kier molecular flexibility index (Phi) is 5.06. The number of nitrogens with one attached hydrogen (secondary N) is 2. The number of carbonyl (C=O) groups is 1. The van der Waals surface area contributed by atoms with Gasteiger partial charge in [-0.2, -0.15) is 0 Å². The zero-order valence-electron chi connectivity index (χ0n) is 13.6. The topological polar surface area (TPSA) is 41.1 Å². The Morgan fingerprint density at radius 1 is 1.04 bits per heavy atom. The zero-order valence-corrected chi connectivity index (χ0v) is 14.4. The minimum atomic E-state index is -0.0772. The van der Waals surface area contributed by atoms with E-state index in [1.807, 2.05) is 60.7 Å². The summed E-state index contributed by atoms with van der Waals surface area (Å²) in [6.45, 7) is 2.11. The summed E-state index contributed by atoms with van der Waals surface area (Å²) in [6.07, 6.45) is 1.82. The molecule has 2 N–H and O–H groups in total. The molecule has 0 saturated carbocycles. The van der Waals surface area contributed by atoms with Crippen molar-refractivity contribution in [2.75, 3.05) is 0 Å². The van der Waals surface area contributed by atoms with Crippen LogP contribution in [0.15, 0.2) is 66.2 Å². The van der Waals surface area contributed by atoms with Crippen LogP contribution in [0.1, 0.15) is 35.7 Å². The Labute approximate surface area is 147 Å². The first-order valence-corrected chi connectivity index (χ1v) is 8.58. The molecule has 24 heavy (non-hydrogen) atoms. The van der Waals surface area contributed by atoms with E-state index < -0.39 is 0 Å². The summed E-state index contributed by atoms with van der Waals surface area (Å²) in [5.74, 6) is 0.0374. The third-order valence-electron chi connectivity index (χ3n) is 4.08. The average Bonchev–Trinajstić information content (AvgIpc) is 2.62. The van der Waals surface area contributed by atoms with Crippen molar-refractivity contribution in [3.63, 3.8) is 0 Å². The molecule has 0 spiro atoms. The molecular formula is C20H20N2OS. The molecule has 0 saturated heterocycles. The maximum absolute atomic E-state index is 13.2. The lowest BCUT2D eigenvalue weighted by Crippen LogP contribution is -2.49. The molecule has 1 atom stereocenters. The zero-order chi connectivity index (χ0) is 16.9. The van der Waals surface area contributed by atoms with Crippen LogP contribution in [0.5, 0.6) is 0 Å². The molecule has 0 fully saturated rings. The fourth-order valence-corrected chi connectivity index (χ4v) is 3.22. The van der Waals surface area contributed by atoms with Crippen LogP contribution in [0.2, 0.25) is 0 Å². The van der Waals surface area contributed by atoms with Crippen LogP contribution in [-0.2, 0) is 0 Å².